The van der Waals surface area contributed by atoms with Gasteiger partial charge in [-0.3, -0.25) is 0 Å². The molecule has 0 unspecified atom stereocenters. The summed E-state index contributed by atoms with van der Waals surface area (Å²) in [5.41, 5.74) is 2.45. The van der Waals surface area contributed by atoms with Gasteiger partial charge < -0.3 is 9.15 Å². The number of benzene rings is 2. The van der Waals surface area contributed by atoms with Crippen molar-refractivity contribution in [2.75, 3.05) is 18.4 Å². The van der Waals surface area contributed by atoms with Crippen LogP contribution in [-0.2, 0) is 6.54 Å². The summed E-state index contributed by atoms with van der Waals surface area (Å²) in [6.07, 6.45) is 1.87. The Morgan fingerprint density at radius 3 is 2.67 bits per heavy atom. The van der Waals surface area contributed by atoms with E-state index in [0.717, 1.165) is 10.6 Å². The molecule has 0 atom stereocenters. The van der Waals surface area contributed by atoms with E-state index >= 15 is 0 Å². The van der Waals surface area contributed by atoms with Crippen LogP contribution in [0.2, 0.25) is 0 Å². The molecule has 3 aromatic rings. The zero-order chi connectivity index (χ0) is 17.1. The monoisotopic (exact) mass is 345 g/mol. The fourth-order valence-corrected chi connectivity index (χ4v) is 2.71. The Balaban J connectivity index is 1.96. The zero-order valence-electron chi connectivity index (χ0n) is 13.1. The minimum Gasteiger partial charge on any atom is -0.497 e. The molecule has 0 amide bonds. The van der Waals surface area contributed by atoms with E-state index in [1.807, 2.05) is 12.3 Å². The van der Waals surface area contributed by atoms with Crippen LogP contribution in [0.3, 0.4) is 0 Å². The van der Waals surface area contributed by atoms with Crippen molar-refractivity contribution < 1.29 is 14.2 Å². The maximum Gasteiger partial charge on any atom is 0.256 e. The van der Waals surface area contributed by atoms with Gasteiger partial charge in [-0.25, -0.2) is 15.1 Å². The van der Waals surface area contributed by atoms with Gasteiger partial charge in [0.2, 0.25) is 0 Å². The van der Waals surface area contributed by atoms with Gasteiger partial charge in [0, 0.05) is 5.56 Å². The number of oxazole rings is 1. The first-order chi connectivity index (χ1) is 11.6. The molecule has 0 aliphatic heterocycles. The summed E-state index contributed by atoms with van der Waals surface area (Å²) in [5.74, 6) is 0.644. The second-order valence-electron chi connectivity index (χ2n) is 4.94. The number of fused-ring (bicyclic) bond motifs is 1. The lowest BCUT2D eigenvalue weighted by molar-refractivity contribution is -0.496. The molecule has 0 fully saturated rings. The number of nitro groups is 1. The van der Waals surface area contributed by atoms with Crippen LogP contribution in [0.5, 0.6) is 5.75 Å². The summed E-state index contributed by atoms with van der Waals surface area (Å²) in [5, 5.41) is 12.7. The van der Waals surface area contributed by atoms with Gasteiger partial charge in [-0.2, -0.15) is 0 Å². The first-order valence-corrected chi connectivity index (χ1v) is 8.33. The summed E-state index contributed by atoms with van der Waals surface area (Å²) in [7, 11) is 1.55. The molecule has 0 aliphatic rings. The highest BCUT2D eigenvalue weighted by atomic mass is 32.2. The maximum absolute atomic E-state index is 11.5. The molecular formula is C16H15N3O4S. The number of ether oxygens (including phenoxy) is 1. The predicted octanol–water partition coefficient (Wildman–Crippen LogP) is 3.76. The van der Waals surface area contributed by atoms with Crippen LogP contribution in [0.4, 0.5) is 5.69 Å². The van der Waals surface area contributed by atoms with Gasteiger partial charge in [0.05, 0.1) is 7.11 Å². The summed E-state index contributed by atoms with van der Waals surface area (Å²) in [6, 6.07) is 12.1. The summed E-state index contributed by atoms with van der Waals surface area (Å²) < 4.78 is 10.7. The minimum absolute atomic E-state index is 0.0804. The summed E-state index contributed by atoms with van der Waals surface area (Å²) >= 11 is 1.39. The number of methoxy groups -OCH3 is 1. The Hall–Kier alpha value is -2.74. The average Bonchev–Trinajstić information content (AvgIpc) is 3.03. The van der Waals surface area contributed by atoms with Gasteiger partial charge in [0.25, 0.3) is 5.22 Å². The minimum atomic E-state index is -0.434. The lowest BCUT2D eigenvalue weighted by Gasteiger charge is -2.14. The van der Waals surface area contributed by atoms with Crippen LogP contribution < -0.4 is 9.75 Å². The molecule has 7 nitrogen and oxygen atoms in total. The Bertz CT molecular complexity index is 863. The fraction of sp³-hybridized carbons (Fsp3) is 0.188. The van der Waals surface area contributed by atoms with Gasteiger partial charge in [0.15, 0.2) is 10.6 Å². The first kappa shape index (κ1) is 16.1. The number of hydrazine groups is 1. The molecule has 1 aromatic heterocycles. The lowest BCUT2D eigenvalue weighted by Crippen LogP contribution is -2.29. The van der Waals surface area contributed by atoms with Crippen LogP contribution in [0.1, 0.15) is 5.56 Å². The van der Waals surface area contributed by atoms with Crippen molar-refractivity contribution >= 4 is 28.5 Å². The van der Waals surface area contributed by atoms with Crippen molar-refractivity contribution in [3.05, 3.63) is 58.1 Å². The molecule has 1 heterocycles. The van der Waals surface area contributed by atoms with Crippen molar-refractivity contribution in [2.45, 2.75) is 11.8 Å². The molecular weight excluding hydrogens is 330 g/mol. The Morgan fingerprint density at radius 1 is 1.29 bits per heavy atom. The fourth-order valence-electron chi connectivity index (χ4n) is 2.36. The molecule has 0 N–H and O–H groups in total. The standard InChI is InChI=1S/C16H15N3O4S/c1-22-13-8-6-12(7-9-13)18(19(20)21)10-11-4-3-5-14-15(11)17-16(23-14)24-2/h3-9H,10H2,1-2H3. The van der Waals surface area contributed by atoms with Gasteiger partial charge in [-0.05, 0) is 36.6 Å². The number of aromatic nitrogens is 1. The van der Waals surface area contributed by atoms with Crippen LogP contribution in [-0.4, -0.2) is 23.4 Å². The number of hydrogen-bond donors (Lipinski definition) is 0. The lowest BCUT2D eigenvalue weighted by atomic mass is 10.2. The van der Waals surface area contributed by atoms with Crippen LogP contribution in [0.25, 0.3) is 11.1 Å². The quantitative estimate of drug-likeness (QED) is 0.382. The molecule has 0 spiro atoms. The third kappa shape index (κ3) is 3.13. The second-order valence-corrected chi connectivity index (χ2v) is 5.70. The van der Waals surface area contributed by atoms with E-state index in [2.05, 4.69) is 4.98 Å². The van der Waals surface area contributed by atoms with Crippen LogP contribution >= 0.6 is 11.8 Å². The third-order valence-corrected chi connectivity index (χ3v) is 4.07. The smallest absolute Gasteiger partial charge is 0.256 e. The largest absolute Gasteiger partial charge is 0.497 e. The highest BCUT2D eigenvalue weighted by molar-refractivity contribution is 7.98. The van der Waals surface area contributed by atoms with E-state index in [0.29, 0.717) is 27.8 Å². The van der Waals surface area contributed by atoms with Crippen molar-refractivity contribution in [3.8, 4) is 5.75 Å². The molecule has 24 heavy (non-hydrogen) atoms. The predicted molar refractivity (Wildman–Crippen MR) is 92.0 cm³/mol. The summed E-state index contributed by atoms with van der Waals surface area (Å²) in [4.78, 5) is 15.9. The highest BCUT2D eigenvalue weighted by Crippen LogP contribution is 2.27. The number of rotatable bonds is 6. The topological polar surface area (TPSA) is 81.6 Å². The molecule has 0 bridgehead atoms. The van der Waals surface area contributed by atoms with E-state index in [9.17, 15) is 10.1 Å². The molecule has 124 valence electrons. The van der Waals surface area contributed by atoms with Gasteiger partial charge in [-0.15, -0.1) is 0 Å². The third-order valence-electron chi connectivity index (χ3n) is 3.55. The zero-order valence-corrected chi connectivity index (χ0v) is 13.9. The van der Waals surface area contributed by atoms with Crippen molar-refractivity contribution in [1.29, 1.82) is 0 Å². The van der Waals surface area contributed by atoms with Gasteiger partial charge in [-0.1, -0.05) is 28.9 Å². The Morgan fingerprint density at radius 2 is 2.04 bits per heavy atom. The first-order valence-electron chi connectivity index (χ1n) is 7.10. The molecule has 2 aromatic carbocycles. The molecule has 0 saturated heterocycles. The van der Waals surface area contributed by atoms with E-state index in [4.69, 9.17) is 9.15 Å². The number of thioether (sulfide) groups is 1. The maximum atomic E-state index is 11.5. The van der Waals surface area contributed by atoms with E-state index < -0.39 is 5.03 Å². The number of nitrogens with zero attached hydrogens (tertiary/aromatic N) is 3. The molecule has 0 radical (unpaired) electrons. The number of para-hydroxylation sites is 1. The Kier molecular flexibility index (Phi) is 4.57. The van der Waals surface area contributed by atoms with E-state index in [1.54, 1.807) is 43.5 Å². The molecule has 0 saturated carbocycles. The molecule has 8 heteroatoms. The van der Waals surface area contributed by atoms with Gasteiger partial charge >= 0.3 is 0 Å². The van der Waals surface area contributed by atoms with Crippen LogP contribution in [0, 0.1) is 10.1 Å². The summed E-state index contributed by atoms with van der Waals surface area (Å²) in [6.45, 7) is 0.0804. The van der Waals surface area contributed by atoms with Crippen molar-refractivity contribution in [1.82, 2.24) is 4.98 Å². The number of hydrogen-bond acceptors (Lipinski definition) is 6. The van der Waals surface area contributed by atoms with E-state index in [1.165, 1.54) is 11.8 Å². The van der Waals surface area contributed by atoms with E-state index in [-0.39, 0.29) is 6.54 Å². The molecule has 3 rings (SSSR count). The van der Waals surface area contributed by atoms with Crippen molar-refractivity contribution in [3.63, 3.8) is 0 Å². The Labute approximate surface area is 142 Å². The SMILES string of the molecule is COc1ccc(N(Cc2cccc3oc(SC)nc23)[N+](=O)[O-])cc1. The average molecular weight is 345 g/mol. The van der Waals surface area contributed by atoms with Gasteiger partial charge in [0.1, 0.15) is 23.5 Å². The molecule has 0 aliphatic carbocycles. The van der Waals surface area contributed by atoms with Crippen LogP contribution in [0.15, 0.2) is 52.1 Å². The highest BCUT2D eigenvalue weighted by Gasteiger charge is 2.20. The second kappa shape index (κ2) is 6.79. The van der Waals surface area contributed by atoms with Crippen molar-refractivity contribution in [2.24, 2.45) is 0 Å². The normalized spacial score (nSPS) is 10.8. The number of anilines is 1.